The summed E-state index contributed by atoms with van der Waals surface area (Å²) >= 11 is 0. The zero-order valence-corrected chi connectivity index (χ0v) is 5.50. The van der Waals surface area contributed by atoms with E-state index in [-0.39, 0.29) is 5.69 Å². The van der Waals surface area contributed by atoms with Crippen molar-refractivity contribution in [3.05, 3.63) is 29.6 Å². The molecule has 0 atom stereocenters. The van der Waals surface area contributed by atoms with E-state index in [9.17, 15) is 14.3 Å². The lowest BCUT2D eigenvalue weighted by molar-refractivity contribution is -0.255. The largest absolute Gasteiger partial charge is 0.545 e. The fraction of sp³-hybridized carbons (Fsp3) is 0. The van der Waals surface area contributed by atoms with Gasteiger partial charge in [0.25, 0.3) is 0 Å². The molecule has 3 nitrogen and oxygen atoms in total. The molecule has 1 rings (SSSR count). The number of carboxylic acids is 1. The summed E-state index contributed by atoms with van der Waals surface area (Å²) in [5, 5.41) is 10.2. The van der Waals surface area contributed by atoms with Crippen molar-refractivity contribution in [2.24, 2.45) is 0 Å². The number of carbonyl (C=O) groups excluding carboxylic acids is 1. The van der Waals surface area contributed by atoms with Crippen LogP contribution in [-0.2, 0) is 0 Å². The molecular formula is C7H5FNO2-. The highest BCUT2D eigenvalue weighted by atomic mass is 19.1. The van der Waals surface area contributed by atoms with Gasteiger partial charge in [-0.3, -0.25) is 0 Å². The standard InChI is InChI=1S/C7H6FNO2/c8-6-2-1-4(9)3-5(6)7(10)11/h1-3H,9H2,(H,10,11)/p-1. The van der Waals surface area contributed by atoms with Crippen LogP contribution in [0.3, 0.4) is 0 Å². The second-order valence-corrected chi connectivity index (χ2v) is 2.03. The van der Waals surface area contributed by atoms with Crippen molar-refractivity contribution in [3.63, 3.8) is 0 Å². The number of benzene rings is 1. The van der Waals surface area contributed by atoms with E-state index in [0.717, 1.165) is 12.1 Å². The number of anilines is 1. The fourth-order valence-electron chi connectivity index (χ4n) is 0.699. The number of rotatable bonds is 1. The van der Waals surface area contributed by atoms with Crippen LogP contribution in [-0.4, -0.2) is 5.97 Å². The lowest BCUT2D eigenvalue weighted by Crippen LogP contribution is -2.23. The zero-order valence-electron chi connectivity index (χ0n) is 5.50. The SMILES string of the molecule is Nc1ccc(F)c(C(=O)[O-])c1. The number of aromatic carboxylic acids is 1. The summed E-state index contributed by atoms with van der Waals surface area (Å²) in [6, 6.07) is 3.28. The van der Waals surface area contributed by atoms with E-state index < -0.39 is 17.3 Å². The second-order valence-electron chi connectivity index (χ2n) is 2.03. The van der Waals surface area contributed by atoms with Gasteiger partial charge in [-0.1, -0.05) is 0 Å². The van der Waals surface area contributed by atoms with E-state index >= 15 is 0 Å². The third kappa shape index (κ3) is 1.46. The molecule has 2 N–H and O–H groups in total. The van der Waals surface area contributed by atoms with Crippen LogP contribution in [0.5, 0.6) is 0 Å². The minimum absolute atomic E-state index is 0.200. The van der Waals surface area contributed by atoms with Gasteiger partial charge in [-0.15, -0.1) is 0 Å². The van der Waals surface area contributed by atoms with E-state index in [0.29, 0.717) is 0 Å². The van der Waals surface area contributed by atoms with Gasteiger partial charge >= 0.3 is 0 Å². The van der Waals surface area contributed by atoms with Crippen LogP contribution in [0, 0.1) is 5.82 Å². The first-order valence-electron chi connectivity index (χ1n) is 2.87. The molecular weight excluding hydrogens is 149 g/mol. The van der Waals surface area contributed by atoms with Crippen molar-refractivity contribution in [2.45, 2.75) is 0 Å². The molecule has 0 aliphatic carbocycles. The Bertz CT molecular complexity index is 298. The molecule has 11 heavy (non-hydrogen) atoms. The average molecular weight is 154 g/mol. The summed E-state index contributed by atoms with van der Waals surface area (Å²) < 4.78 is 12.5. The first-order chi connectivity index (χ1) is 5.11. The van der Waals surface area contributed by atoms with Crippen LogP contribution in [0.1, 0.15) is 10.4 Å². The van der Waals surface area contributed by atoms with Crippen LogP contribution < -0.4 is 10.8 Å². The van der Waals surface area contributed by atoms with Gasteiger partial charge in [-0.05, 0) is 18.2 Å². The molecule has 0 radical (unpaired) electrons. The Balaban J connectivity index is 3.23. The monoisotopic (exact) mass is 154 g/mol. The molecule has 1 aromatic rings. The molecule has 0 aliphatic rings. The fourth-order valence-corrected chi connectivity index (χ4v) is 0.699. The van der Waals surface area contributed by atoms with E-state index in [1.807, 2.05) is 0 Å². The Morgan fingerprint density at radius 3 is 2.64 bits per heavy atom. The quantitative estimate of drug-likeness (QED) is 0.568. The third-order valence-corrected chi connectivity index (χ3v) is 1.21. The Morgan fingerprint density at radius 1 is 1.55 bits per heavy atom. The lowest BCUT2D eigenvalue weighted by atomic mass is 10.2. The molecule has 0 fully saturated rings. The Hall–Kier alpha value is -1.58. The van der Waals surface area contributed by atoms with Crippen molar-refractivity contribution >= 4 is 11.7 Å². The van der Waals surface area contributed by atoms with E-state index in [2.05, 4.69) is 0 Å². The predicted molar refractivity (Wildman–Crippen MR) is 35.1 cm³/mol. The topological polar surface area (TPSA) is 66.2 Å². The van der Waals surface area contributed by atoms with Gasteiger partial charge in [0.1, 0.15) is 5.82 Å². The van der Waals surface area contributed by atoms with Gasteiger partial charge in [-0.25, -0.2) is 4.39 Å². The van der Waals surface area contributed by atoms with Gasteiger partial charge in [0.05, 0.1) is 5.97 Å². The number of carboxylic acid groups (broad SMARTS) is 1. The van der Waals surface area contributed by atoms with Crippen LogP contribution in [0.4, 0.5) is 10.1 Å². The van der Waals surface area contributed by atoms with Gasteiger partial charge in [0, 0.05) is 11.3 Å². The predicted octanol–water partition coefficient (Wildman–Crippen LogP) is -0.229. The first-order valence-corrected chi connectivity index (χ1v) is 2.87. The van der Waals surface area contributed by atoms with Gasteiger partial charge < -0.3 is 15.6 Å². The van der Waals surface area contributed by atoms with Crippen molar-refractivity contribution in [1.29, 1.82) is 0 Å². The summed E-state index contributed by atoms with van der Waals surface area (Å²) in [6.07, 6.45) is 0. The van der Waals surface area contributed by atoms with Crippen LogP contribution >= 0.6 is 0 Å². The molecule has 58 valence electrons. The normalized spacial score (nSPS) is 9.55. The maximum atomic E-state index is 12.5. The molecule has 0 unspecified atom stereocenters. The molecule has 0 aromatic heterocycles. The number of nitrogen functional groups attached to an aromatic ring is 1. The maximum Gasteiger partial charge on any atom is 0.132 e. The Morgan fingerprint density at radius 2 is 2.18 bits per heavy atom. The average Bonchev–Trinajstić information content (AvgIpc) is 1.94. The van der Waals surface area contributed by atoms with Gasteiger partial charge in [-0.2, -0.15) is 0 Å². The number of hydrogen-bond donors (Lipinski definition) is 1. The Labute approximate surface area is 62.3 Å². The van der Waals surface area contributed by atoms with Crippen molar-refractivity contribution in [2.75, 3.05) is 5.73 Å². The lowest BCUT2D eigenvalue weighted by Gasteiger charge is -2.03. The number of hydrogen-bond acceptors (Lipinski definition) is 3. The minimum atomic E-state index is -1.56. The molecule has 4 heteroatoms. The van der Waals surface area contributed by atoms with Crippen LogP contribution in [0.15, 0.2) is 18.2 Å². The highest BCUT2D eigenvalue weighted by Crippen LogP contribution is 2.10. The maximum absolute atomic E-state index is 12.5. The molecule has 0 saturated heterocycles. The molecule has 0 heterocycles. The number of halogens is 1. The number of carbonyl (C=O) groups is 1. The third-order valence-electron chi connectivity index (χ3n) is 1.21. The van der Waals surface area contributed by atoms with Gasteiger partial charge in [0.2, 0.25) is 0 Å². The summed E-state index contributed by atoms with van der Waals surface area (Å²) in [5.41, 5.74) is 4.90. The zero-order chi connectivity index (χ0) is 8.43. The van der Waals surface area contributed by atoms with E-state index in [1.165, 1.54) is 6.07 Å². The second kappa shape index (κ2) is 2.57. The smallest absolute Gasteiger partial charge is 0.132 e. The van der Waals surface area contributed by atoms with Crippen LogP contribution in [0.25, 0.3) is 0 Å². The van der Waals surface area contributed by atoms with Crippen molar-refractivity contribution < 1.29 is 14.3 Å². The van der Waals surface area contributed by atoms with Crippen LogP contribution in [0.2, 0.25) is 0 Å². The van der Waals surface area contributed by atoms with Crippen molar-refractivity contribution in [1.82, 2.24) is 0 Å². The molecule has 0 amide bonds. The molecule has 0 spiro atoms. The van der Waals surface area contributed by atoms with E-state index in [4.69, 9.17) is 5.73 Å². The molecule has 0 saturated carbocycles. The number of nitrogens with two attached hydrogens (primary N) is 1. The van der Waals surface area contributed by atoms with E-state index in [1.54, 1.807) is 0 Å². The minimum Gasteiger partial charge on any atom is -0.545 e. The Kier molecular flexibility index (Phi) is 1.76. The summed E-state index contributed by atoms with van der Waals surface area (Å²) in [4.78, 5) is 10.2. The summed E-state index contributed by atoms with van der Waals surface area (Å²) in [6.45, 7) is 0. The molecule has 1 aromatic carbocycles. The van der Waals surface area contributed by atoms with Gasteiger partial charge in [0.15, 0.2) is 0 Å². The highest BCUT2D eigenvalue weighted by Gasteiger charge is 2.01. The van der Waals surface area contributed by atoms with Crippen molar-refractivity contribution in [3.8, 4) is 0 Å². The first kappa shape index (κ1) is 7.53. The molecule has 0 aliphatic heterocycles. The summed E-state index contributed by atoms with van der Waals surface area (Å²) in [7, 11) is 0. The molecule has 0 bridgehead atoms. The summed E-state index contributed by atoms with van der Waals surface area (Å²) in [5.74, 6) is -2.39. The highest BCUT2D eigenvalue weighted by molar-refractivity contribution is 5.87.